The molecular formula is C18H25BrN4. The number of nitrogens with zero attached hydrogens (tertiary/aromatic N) is 3. The summed E-state index contributed by atoms with van der Waals surface area (Å²) in [5, 5.41) is 8.12. The highest BCUT2D eigenvalue weighted by Crippen LogP contribution is 2.25. The summed E-state index contributed by atoms with van der Waals surface area (Å²) in [6, 6.07) is 8.63. The first kappa shape index (κ1) is 16.5. The summed E-state index contributed by atoms with van der Waals surface area (Å²) in [6.07, 6.45) is 1.26. The number of nitrogens with one attached hydrogen (secondary N) is 1. The van der Waals surface area contributed by atoms with E-state index < -0.39 is 0 Å². The summed E-state index contributed by atoms with van der Waals surface area (Å²) in [4.78, 5) is 2.49. The molecule has 0 amide bonds. The maximum Gasteiger partial charge on any atom is 0.0641 e. The summed E-state index contributed by atoms with van der Waals surface area (Å²) in [7, 11) is 2.01. The first-order valence-corrected chi connectivity index (χ1v) is 9.04. The van der Waals surface area contributed by atoms with Gasteiger partial charge >= 0.3 is 0 Å². The van der Waals surface area contributed by atoms with Crippen LogP contribution in [0.3, 0.4) is 0 Å². The molecule has 0 aliphatic carbocycles. The average molecular weight is 377 g/mol. The van der Waals surface area contributed by atoms with Gasteiger partial charge in [0.05, 0.1) is 5.69 Å². The fourth-order valence-corrected chi connectivity index (χ4v) is 3.62. The van der Waals surface area contributed by atoms with Crippen molar-refractivity contribution in [2.75, 3.05) is 24.5 Å². The van der Waals surface area contributed by atoms with E-state index in [1.165, 1.54) is 23.4 Å². The van der Waals surface area contributed by atoms with Gasteiger partial charge in [-0.3, -0.25) is 4.68 Å². The molecule has 1 aliphatic rings. The number of anilines is 1. The number of hydrogen-bond acceptors (Lipinski definition) is 3. The topological polar surface area (TPSA) is 33.1 Å². The Bertz CT molecular complexity index is 662. The zero-order chi connectivity index (χ0) is 16.4. The van der Waals surface area contributed by atoms with Gasteiger partial charge in [-0.25, -0.2) is 0 Å². The van der Waals surface area contributed by atoms with Crippen molar-refractivity contribution in [2.24, 2.45) is 13.0 Å². The molecule has 2 aromatic rings. The lowest BCUT2D eigenvalue weighted by Crippen LogP contribution is -2.26. The molecule has 23 heavy (non-hydrogen) atoms. The predicted octanol–water partition coefficient (Wildman–Crippen LogP) is 3.42. The molecule has 1 atom stereocenters. The van der Waals surface area contributed by atoms with Crippen LogP contribution in [-0.2, 0) is 13.6 Å². The molecular weight excluding hydrogens is 352 g/mol. The quantitative estimate of drug-likeness (QED) is 0.867. The number of aromatic nitrogens is 2. The van der Waals surface area contributed by atoms with E-state index in [-0.39, 0.29) is 0 Å². The number of hydrogen-bond donors (Lipinski definition) is 1. The second kappa shape index (κ2) is 7.05. The Morgan fingerprint density at radius 3 is 2.65 bits per heavy atom. The molecule has 5 heteroatoms. The Hall–Kier alpha value is -1.33. The van der Waals surface area contributed by atoms with E-state index in [1.807, 2.05) is 11.7 Å². The van der Waals surface area contributed by atoms with Crippen molar-refractivity contribution < 1.29 is 0 Å². The highest BCUT2D eigenvalue weighted by Gasteiger charge is 2.22. The molecule has 4 nitrogen and oxygen atoms in total. The number of halogens is 1. The molecule has 1 aliphatic heterocycles. The second-order valence-electron chi connectivity index (χ2n) is 6.48. The molecule has 1 aromatic heterocycles. The van der Waals surface area contributed by atoms with Crippen LogP contribution in [0.15, 0.2) is 28.7 Å². The van der Waals surface area contributed by atoms with Gasteiger partial charge in [0.1, 0.15) is 0 Å². The summed E-state index contributed by atoms with van der Waals surface area (Å²) >= 11 is 3.50. The smallest absolute Gasteiger partial charge is 0.0641 e. The van der Waals surface area contributed by atoms with E-state index in [0.29, 0.717) is 0 Å². The lowest BCUT2D eigenvalue weighted by molar-refractivity contribution is 0.515. The van der Waals surface area contributed by atoms with Crippen LogP contribution in [0.1, 0.15) is 23.4 Å². The normalized spacial score (nSPS) is 17.9. The molecule has 0 radical (unpaired) electrons. The van der Waals surface area contributed by atoms with Crippen LogP contribution in [0.5, 0.6) is 0 Å². The molecule has 2 heterocycles. The maximum atomic E-state index is 4.48. The minimum Gasteiger partial charge on any atom is -0.371 e. The minimum absolute atomic E-state index is 0.718. The Kier molecular flexibility index (Phi) is 5.07. The van der Waals surface area contributed by atoms with Crippen LogP contribution >= 0.6 is 15.9 Å². The van der Waals surface area contributed by atoms with Gasteiger partial charge in [0.15, 0.2) is 0 Å². The SMILES string of the molecule is Cc1nn(C)c(C)c1CNC[C@H]1CCN(c2ccc(Br)cc2)C1. The fraction of sp³-hybridized carbons (Fsp3) is 0.500. The third-order valence-corrected chi connectivity index (χ3v) is 5.40. The zero-order valence-corrected chi connectivity index (χ0v) is 15.7. The van der Waals surface area contributed by atoms with Crippen molar-refractivity contribution in [1.29, 1.82) is 0 Å². The van der Waals surface area contributed by atoms with Gasteiger partial charge in [-0.15, -0.1) is 0 Å². The van der Waals surface area contributed by atoms with E-state index in [1.54, 1.807) is 0 Å². The fourth-order valence-electron chi connectivity index (χ4n) is 3.36. The second-order valence-corrected chi connectivity index (χ2v) is 7.40. The van der Waals surface area contributed by atoms with Crippen molar-refractivity contribution in [2.45, 2.75) is 26.8 Å². The van der Waals surface area contributed by atoms with Crippen LogP contribution in [0.2, 0.25) is 0 Å². The summed E-state index contributed by atoms with van der Waals surface area (Å²) in [6.45, 7) is 8.51. The van der Waals surface area contributed by atoms with Gasteiger partial charge < -0.3 is 10.2 Å². The largest absolute Gasteiger partial charge is 0.371 e. The third-order valence-electron chi connectivity index (χ3n) is 4.87. The summed E-state index contributed by atoms with van der Waals surface area (Å²) < 4.78 is 3.11. The van der Waals surface area contributed by atoms with Gasteiger partial charge in [-0.2, -0.15) is 5.10 Å². The van der Waals surface area contributed by atoms with Crippen LogP contribution < -0.4 is 10.2 Å². The molecule has 0 unspecified atom stereocenters. The molecule has 1 aromatic carbocycles. The maximum absolute atomic E-state index is 4.48. The minimum atomic E-state index is 0.718. The standard InChI is InChI=1S/C18H25BrN4/c1-13-18(14(2)22(3)21-13)11-20-10-15-8-9-23(12-15)17-6-4-16(19)5-7-17/h4-7,15,20H,8-12H2,1-3H3/t15-/m1/s1. The van der Waals surface area contributed by atoms with E-state index in [4.69, 9.17) is 0 Å². The number of rotatable bonds is 5. The monoisotopic (exact) mass is 376 g/mol. The highest BCUT2D eigenvalue weighted by atomic mass is 79.9. The van der Waals surface area contributed by atoms with Crippen molar-refractivity contribution in [3.63, 3.8) is 0 Å². The number of benzene rings is 1. The Morgan fingerprint density at radius 1 is 1.26 bits per heavy atom. The first-order chi connectivity index (χ1) is 11.0. The van der Waals surface area contributed by atoms with Gasteiger partial charge in [-0.1, -0.05) is 15.9 Å². The van der Waals surface area contributed by atoms with E-state index in [9.17, 15) is 0 Å². The Morgan fingerprint density at radius 2 is 2.00 bits per heavy atom. The Labute approximate surface area is 147 Å². The Balaban J connectivity index is 1.49. The van der Waals surface area contributed by atoms with Gasteiger partial charge in [0.2, 0.25) is 0 Å². The van der Waals surface area contributed by atoms with E-state index >= 15 is 0 Å². The van der Waals surface area contributed by atoms with Crippen LogP contribution in [-0.4, -0.2) is 29.4 Å². The van der Waals surface area contributed by atoms with E-state index in [0.717, 1.165) is 42.3 Å². The first-order valence-electron chi connectivity index (χ1n) is 8.25. The molecule has 1 N–H and O–H groups in total. The van der Waals surface area contributed by atoms with E-state index in [2.05, 4.69) is 69.4 Å². The lowest BCUT2D eigenvalue weighted by Gasteiger charge is -2.19. The molecule has 0 spiro atoms. The highest BCUT2D eigenvalue weighted by molar-refractivity contribution is 9.10. The molecule has 1 fully saturated rings. The van der Waals surface area contributed by atoms with Crippen LogP contribution in [0, 0.1) is 19.8 Å². The summed E-state index contributed by atoms with van der Waals surface area (Å²) in [5.41, 5.74) is 5.07. The predicted molar refractivity (Wildman–Crippen MR) is 98.9 cm³/mol. The average Bonchev–Trinajstić information content (AvgIpc) is 3.08. The third kappa shape index (κ3) is 3.78. The molecule has 0 saturated carbocycles. The van der Waals surface area contributed by atoms with Gasteiger partial charge in [0.25, 0.3) is 0 Å². The summed E-state index contributed by atoms with van der Waals surface area (Å²) in [5.74, 6) is 0.718. The van der Waals surface area contributed by atoms with Crippen LogP contribution in [0.25, 0.3) is 0 Å². The van der Waals surface area contributed by atoms with Crippen molar-refractivity contribution in [3.8, 4) is 0 Å². The molecule has 1 saturated heterocycles. The van der Waals surface area contributed by atoms with Gasteiger partial charge in [-0.05, 0) is 50.5 Å². The molecule has 124 valence electrons. The van der Waals surface area contributed by atoms with Crippen molar-refractivity contribution in [3.05, 3.63) is 45.7 Å². The molecule has 0 bridgehead atoms. The van der Waals surface area contributed by atoms with Crippen molar-refractivity contribution in [1.82, 2.24) is 15.1 Å². The lowest BCUT2D eigenvalue weighted by atomic mass is 10.1. The van der Waals surface area contributed by atoms with Crippen molar-refractivity contribution >= 4 is 21.6 Å². The van der Waals surface area contributed by atoms with Gasteiger partial charge in [0, 0.05) is 54.6 Å². The van der Waals surface area contributed by atoms with Crippen LogP contribution in [0.4, 0.5) is 5.69 Å². The number of aryl methyl sites for hydroxylation is 2. The molecule has 3 rings (SSSR count). The zero-order valence-electron chi connectivity index (χ0n) is 14.1.